The molecule has 1 N–H and O–H groups in total. The highest BCUT2D eigenvalue weighted by atomic mass is 28.3. The maximum Gasteiger partial charge on any atom is 0.333 e. The van der Waals surface area contributed by atoms with Gasteiger partial charge in [0.25, 0.3) is 0 Å². The summed E-state index contributed by atoms with van der Waals surface area (Å²) in [7, 11) is 0.541. The predicted octanol–water partition coefficient (Wildman–Crippen LogP) is 3.75. The van der Waals surface area contributed by atoms with Crippen molar-refractivity contribution in [2.75, 3.05) is 6.61 Å². The molecule has 2 heterocycles. The van der Waals surface area contributed by atoms with Gasteiger partial charge in [-0.2, -0.15) is 20.1 Å². The van der Waals surface area contributed by atoms with Gasteiger partial charge in [0.1, 0.15) is 12.4 Å². The van der Waals surface area contributed by atoms with Gasteiger partial charge in [0.05, 0.1) is 35.2 Å². The molecule has 1 fully saturated rings. The Hall–Kier alpha value is -2.01. The van der Waals surface area contributed by atoms with Gasteiger partial charge in [-0.25, -0.2) is 4.68 Å². The predicted molar refractivity (Wildman–Crippen MR) is 138 cm³/mol. The summed E-state index contributed by atoms with van der Waals surface area (Å²) in [6.07, 6.45) is 5.96. The summed E-state index contributed by atoms with van der Waals surface area (Å²) >= 11 is 0. The third-order valence-corrected chi connectivity index (χ3v) is 8.36. The van der Waals surface area contributed by atoms with Gasteiger partial charge in [-0.05, 0) is 52.0 Å². The van der Waals surface area contributed by atoms with E-state index in [1.54, 1.807) is 21.3 Å². The second kappa shape index (κ2) is 9.22. The number of hydrogen-bond donors (Lipinski definition) is 1. The number of aliphatic hydroxyl groups is 1. The van der Waals surface area contributed by atoms with Crippen LogP contribution in [0.3, 0.4) is 0 Å². The Morgan fingerprint density at radius 3 is 2.50 bits per heavy atom. The van der Waals surface area contributed by atoms with Crippen molar-refractivity contribution < 1.29 is 14.5 Å². The zero-order valence-corrected chi connectivity index (χ0v) is 22.5. The van der Waals surface area contributed by atoms with Crippen LogP contribution in [0.15, 0.2) is 24.5 Å². The fraction of sp³-hybridized carbons (Fsp3) is 0.625. The minimum atomic E-state index is -1.17. The largest absolute Gasteiger partial charge is 0.427 e. The Bertz CT molecular complexity index is 1140. The summed E-state index contributed by atoms with van der Waals surface area (Å²) in [5.74, 6) is 0. The highest BCUT2D eigenvalue weighted by molar-refractivity contribution is 6.76. The normalized spacial score (nSPS) is 15.3. The van der Waals surface area contributed by atoms with Crippen molar-refractivity contribution in [3.05, 3.63) is 24.5 Å². The summed E-state index contributed by atoms with van der Waals surface area (Å²) in [6.45, 7) is 15.4. The molecule has 1 aliphatic carbocycles. The third-order valence-electron chi connectivity index (χ3n) is 6.65. The average Bonchev–Trinajstić information content (AvgIpc) is 3.31. The molecule has 1 radical (unpaired) electrons. The van der Waals surface area contributed by atoms with E-state index in [0.29, 0.717) is 19.4 Å². The van der Waals surface area contributed by atoms with E-state index in [0.717, 1.165) is 46.5 Å². The zero-order chi connectivity index (χ0) is 24.7. The van der Waals surface area contributed by atoms with Gasteiger partial charge in [-0.15, -0.1) is 0 Å². The molecular formula is C24H37BN5O3Si. The molecule has 0 unspecified atom stereocenters. The number of nitrogens with zero attached hydrogens (tertiary/aromatic N) is 5. The molecule has 8 nitrogen and oxygen atoms in total. The first kappa shape index (κ1) is 25.1. The molecule has 1 aliphatic rings. The van der Waals surface area contributed by atoms with Crippen LogP contribution in [-0.2, 0) is 16.1 Å². The van der Waals surface area contributed by atoms with E-state index in [9.17, 15) is 5.11 Å². The minimum absolute atomic E-state index is 0.363. The van der Waals surface area contributed by atoms with Crippen LogP contribution in [0.4, 0.5) is 0 Å². The molecule has 10 heteroatoms. The van der Waals surface area contributed by atoms with Crippen LogP contribution in [-0.4, -0.2) is 63.2 Å². The van der Waals surface area contributed by atoms with Crippen molar-refractivity contribution in [1.29, 1.82) is 0 Å². The lowest BCUT2D eigenvalue weighted by Gasteiger charge is -2.37. The maximum atomic E-state index is 10.5. The Kier molecular flexibility index (Phi) is 6.80. The van der Waals surface area contributed by atoms with Gasteiger partial charge < -0.3 is 14.5 Å². The lowest BCUT2D eigenvalue weighted by molar-refractivity contribution is -0.0893. The van der Waals surface area contributed by atoms with Gasteiger partial charge in [0.15, 0.2) is 0 Å². The van der Waals surface area contributed by atoms with E-state index in [-0.39, 0.29) is 0 Å². The number of rotatable bonds is 11. The lowest BCUT2D eigenvalue weighted by atomic mass is 9.81. The number of fused-ring (bicyclic) bond motifs is 1. The molecule has 0 aliphatic heterocycles. The molecule has 3 aromatic rings. The highest BCUT2D eigenvalue weighted by Crippen LogP contribution is 2.34. The number of ether oxygens (including phenoxy) is 1. The molecule has 1 saturated carbocycles. The van der Waals surface area contributed by atoms with Crippen LogP contribution < -0.4 is 5.46 Å². The van der Waals surface area contributed by atoms with Crippen LogP contribution in [0.2, 0.25) is 25.7 Å². The summed E-state index contributed by atoms with van der Waals surface area (Å²) < 4.78 is 14.0. The second-order valence-corrected chi connectivity index (χ2v) is 17.2. The van der Waals surface area contributed by atoms with Gasteiger partial charge >= 0.3 is 7.48 Å². The van der Waals surface area contributed by atoms with Crippen LogP contribution in [0.1, 0.15) is 46.6 Å². The fourth-order valence-corrected chi connectivity index (χ4v) is 4.17. The van der Waals surface area contributed by atoms with Crippen molar-refractivity contribution in [1.82, 2.24) is 24.8 Å². The first-order valence-electron chi connectivity index (χ1n) is 12.1. The lowest BCUT2D eigenvalue weighted by Crippen LogP contribution is -2.49. The molecule has 0 saturated heterocycles. The minimum Gasteiger partial charge on any atom is -0.427 e. The number of hydrogen-bond acceptors (Lipinski definition) is 6. The van der Waals surface area contributed by atoms with Crippen LogP contribution in [0, 0.1) is 0 Å². The highest BCUT2D eigenvalue weighted by Gasteiger charge is 2.36. The first-order chi connectivity index (χ1) is 15.9. The van der Waals surface area contributed by atoms with Gasteiger partial charge in [0.2, 0.25) is 0 Å². The molecule has 0 bridgehead atoms. The number of benzene rings is 1. The molecule has 0 amide bonds. The van der Waals surface area contributed by atoms with Crippen LogP contribution in [0.5, 0.6) is 0 Å². The molecule has 1 aromatic carbocycles. The van der Waals surface area contributed by atoms with Gasteiger partial charge in [-0.3, -0.25) is 0 Å². The smallest absolute Gasteiger partial charge is 0.333 e. The zero-order valence-electron chi connectivity index (χ0n) is 21.5. The summed E-state index contributed by atoms with van der Waals surface area (Å²) in [6, 6.07) is 5.57. The quantitative estimate of drug-likeness (QED) is 0.331. The maximum absolute atomic E-state index is 10.5. The van der Waals surface area contributed by atoms with E-state index in [4.69, 9.17) is 14.5 Å². The standard InChI is InChI=1S/C24H37BN5O3Si/c1-23(2,31)24(3,4)33-25-20-11-10-18(21-15-27-30(28-21)17-8-9-17)19-14-26-29(22(19)20)16-32-12-13-34(5,6)7/h10-11,14-15,17,31H,8-9,12-13,16H2,1-7H3. The van der Waals surface area contributed by atoms with E-state index in [2.05, 4.69) is 29.8 Å². The summed E-state index contributed by atoms with van der Waals surface area (Å²) in [5, 5.41) is 25.3. The Morgan fingerprint density at radius 1 is 1.12 bits per heavy atom. The monoisotopic (exact) mass is 482 g/mol. The molecular weight excluding hydrogens is 445 g/mol. The first-order valence-corrected chi connectivity index (χ1v) is 15.8. The van der Waals surface area contributed by atoms with Crippen molar-refractivity contribution in [3.63, 3.8) is 0 Å². The average molecular weight is 482 g/mol. The van der Waals surface area contributed by atoms with Crippen molar-refractivity contribution >= 4 is 31.9 Å². The van der Waals surface area contributed by atoms with E-state index < -0.39 is 19.3 Å². The molecule has 2 aromatic heterocycles. The van der Waals surface area contributed by atoms with E-state index in [1.165, 1.54) is 0 Å². The molecule has 0 atom stereocenters. The van der Waals surface area contributed by atoms with E-state index in [1.807, 2.05) is 47.9 Å². The van der Waals surface area contributed by atoms with Gasteiger partial charge in [-0.1, -0.05) is 31.8 Å². The van der Waals surface area contributed by atoms with Crippen LogP contribution in [0.25, 0.3) is 22.2 Å². The molecule has 4 rings (SSSR count). The summed E-state index contributed by atoms with van der Waals surface area (Å²) in [4.78, 5) is 1.82. The molecule has 183 valence electrons. The topological polar surface area (TPSA) is 87.2 Å². The molecule has 0 spiro atoms. The number of aromatic nitrogens is 5. The van der Waals surface area contributed by atoms with E-state index >= 15 is 0 Å². The Labute approximate surface area is 203 Å². The summed E-state index contributed by atoms with van der Waals surface area (Å²) in [5.41, 5.74) is 1.82. The van der Waals surface area contributed by atoms with Crippen LogP contribution >= 0.6 is 0 Å². The fourth-order valence-electron chi connectivity index (χ4n) is 3.41. The second-order valence-electron chi connectivity index (χ2n) is 11.5. The Morgan fingerprint density at radius 2 is 1.85 bits per heavy atom. The van der Waals surface area contributed by atoms with Gasteiger partial charge in [0, 0.05) is 25.6 Å². The van der Waals surface area contributed by atoms with Crippen molar-refractivity contribution in [2.24, 2.45) is 0 Å². The van der Waals surface area contributed by atoms with Crippen molar-refractivity contribution in [2.45, 2.75) is 90.2 Å². The Balaban J connectivity index is 1.65. The third kappa shape index (κ3) is 5.62. The SMILES string of the molecule is CC(C)(O)C(C)(C)O[B]c1ccc(-c2cnn(C3CC3)n2)c2cnn(COCC[Si](C)(C)C)c12. The van der Waals surface area contributed by atoms with Crippen molar-refractivity contribution in [3.8, 4) is 11.3 Å². The molecule has 34 heavy (non-hydrogen) atoms.